The first-order valence-electron chi connectivity index (χ1n) is 9.62. The molecule has 0 aromatic heterocycles. The molecule has 4 atom stereocenters. The molecule has 0 bridgehead atoms. The topological polar surface area (TPSA) is 0 Å². The Balaban J connectivity index is 2.34. The highest BCUT2D eigenvalue weighted by Gasteiger charge is 2.40. The normalized spacial score (nSPS) is 29.8. The highest BCUT2D eigenvalue weighted by Crippen LogP contribution is 2.55. The molecular weight excluding hydrogens is 288 g/mol. The van der Waals surface area contributed by atoms with Crippen molar-refractivity contribution in [2.75, 3.05) is 0 Å². The number of benzene rings is 1. The molecule has 0 heterocycles. The Morgan fingerprint density at radius 2 is 0.708 bits per heavy atom. The second kappa shape index (κ2) is 5.61. The summed E-state index contributed by atoms with van der Waals surface area (Å²) in [5.74, 6) is 2.26. The summed E-state index contributed by atoms with van der Waals surface area (Å²) in [6.45, 7) is 23.8. The molecule has 1 aromatic rings. The molecule has 0 radical (unpaired) electrons. The molecule has 0 saturated heterocycles. The van der Waals surface area contributed by atoms with Crippen LogP contribution in [0.25, 0.3) is 0 Å². The van der Waals surface area contributed by atoms with E-state index in [1.165, 1.54) is 22.3 Å². The number of hydrogen-bond donors (Lipinski definition) is 0. The van der Waals surface area contributed by atoms with Gasteiger partial charge in [0.2, 0.25) is 0 Å². The number of hydrogen-bond acceptors (Lipinski definition) is 0. The van der Waals surface area contributed by atoms with E-state index in [1.807, 2.05) is 0 Å². The molecule has 1 aromatic carbocycles. The van der Waals surface area contributed by atoms with E-state index in [9.17, 15) is 0 Å². The summed E-state index contributed by atoms with van der Waals surface area (Å²) >= 11 is 0. The minimum Gasteiger partial charge on any atom is -0.0669 e. The third-order valence-electron chi connectivity index (χ3n) is 7.77. The Labute approximate surface area is 149 Å². The van der Waals surface area contributed by atoms with Crippen molar-refractivity contribution >= 4 is 0 Å². The molecule has 0 nitrogen and oxygen atoms in total. The van der Waals surface area contributed by atoms with Gasteiger partial charge in [-0.2, -0.15) is 0 Å². The van der Waals surface area contributed by atoms with Gasteiger partial charge in [-0.05, 0) is 86.8 Å². The Hall–Kier alpha value is -1.30. The average Bonchev–Trinajstić information content (AvgIpc) is 2.55. The first-order chi connectivity index (χ1) is 11.1. The van der Waals surface area contributed by atoms with Crippen LogP contribution >= 0.6 is 0 Å². The summed E-state index contributed by atoms with van der Waals surface area (Å²) in [6.07, 6.45) is 0. The van der Waals surface area contributed by atoms with Crippen LogP contribution in [-0.4, -0.2) is 0 Å². The van der Waals surface area contributed by atoms with Crippen molar-refractivity contribution in [3.05, 3.63) is 55.7 Å². The summed E-state index contributed by atoms with van der Waals surface area (Å²) in [5, 5.41) is 0. The van der Waals surface area contributed by atoms with E-state index in [2.05, 4.69) is 69.2 Å². The molecule has 0 amide bonds. The number of rotatable bonds is 0. The summed E-state index contributed by atoms with van der Waals surface area (Å²) in [6, 6.07) is 0. The Morgan fingerprint density at radius 3 is 1.00 bits per heavy atom. The van der Waals surface area contributed by atoms with E-state index >= 15 is 0 Å². The van der Waals surface area contributed by atoms with E-state index in [4.69, 9.17) is 0 Å². The van der Waals surface area contributed by atoms with Crippen LogP contribution in [0.15, 0.2) is 22.3 Å². The first kappa shape index (κ1) is 17.5. The lowest BCUT2D eigenvalue weighted by molar-refractivity contribution is 0.546. The molecule has 0 fully saturated rings. The quantitative estimate of drug-likeness (QED) is 0.448. The maximum absolute atomic E-state index is 2.46. The number of allylic oxidation sites excluding steroid dienone is 4. The molecule has 130 valence electrons. The van der Waals surface area contributed by atoms with Gasteiger partial charge >= 0.3 is 0 Å². The second-order valence-corrected chi connectivity index (χ2v) is 8.49. The monoisotopic (exact) mass is 322 g/mol. The third kappa shape index (κ3) is 2.04. The van der Waals surface area contributed by atoms with Crippen molar-refractivity contribution in [2.24, 2.45) is 11.8 Å². The van der Waals surface area contributed by atoms with Gasteiger partial charge < -0.3 is 0 Å². The van der Waals surface area contributed by atoms with Crippen LogP contribution in [0.3, 0.4) is 0 Å². The van der Waals surface area contributed by atoms with Crippen molar-refractivity contribution in [1.29, 1.82) is 0 Å². The molecule has 0 aliphatic heterocycles. The molecule has 0 N–H and O–H groups in total. The zero-order valence-electron chi connectivity index (χ0n) is 17.3. The fourth-order valence-corrected chi connectivity index (χ4v) is 5.70. The zero-order chi connectivity index (χ0) is 18.1. The van der Waals surface area contributed by atoms with Crippen molar-refractivity contribution in [3.63, 3.8) is 0 Å². The van der Waals surface area contributed by atoms with E-state index in [1.54, 1.807) is 33.4 Å². The standard InChI is InChI=1S/C24H34/c1-11-12(2)16(6)22-20(10)24-18(8)14(4)13(3)17(7)23(24)19(9)21(22)15(11)5/h15-16,19-20H,1-10H3. The lowest BCUT2D eigenvalue weighted by atomic mass is 9.60. The van der Waals surface area contributed by atoms with Gasteiger partial charge in [-0.3, -0.25) is 0 Å². The van der Waals surface area contributed by atoms with Gasteiger partial charge in [0.15, 0.2) is 0 Å². The minimum absolute atomic E-state index is 0.546. The third-order valence-corrected chi connectivity index (χ3v) is 7.77. The molecule has 0 heteroatoms. The van der Waals surface area contributed by atoms with Crippen LogP contribution in [-0.2, 0) is 0 Å². The van der Waals surface area contributed by atoms with Crippen LogP contribution in [0.2, 0.25) is 0 Å². The lowest BCUT2D eigenvalue weighted by Gasteiger charge is -2.45. The molecule has 24 heavy (non-hydrogen) atoms. The molecule has 0 spiro atoms. The van der Waals surface area contributed by atoms with E-state index in [-0.39, 0.29) is 0 Å². The Kier molecular flexibility index (Phi) is 4.10. The van der Waals surface area contributed by atoms with E-state index < -0.39 is 0 Å². The summed E-state index contributed by atoms with van der Waals surface area (Å²) in [4.78, 5) is 0. The van der Waals surface area contributed by atoms with E-state index in [0.717, 1.165) is 0 Å². The molecule has 0 saturated carbocycles. The fraction of sp³-hybridized carbons (Fsp3) is 0.583. The Bertz CT molecular complexity index is 720. The van der Waals surface area contributed by atoms with Gasteiger partial charge in [0.25, 0.3) is 0 Å². The second-order valence-electron chi connectivity index (χ2n) is 8.49. The summed E-state index contributed by atoms with van der Waals surface area (Å²) in [7, 11) is 0. The summed E-state index contributed by atoms with van der Waals surface area (Å²) < 4.78 is 0. The highest BCUT2D eigenvalue weighted by molar-refractivity contribution is 5.61. The van der Waals surface area contributed by atoms with E-state index in [0.29, 0.717) is 23.7 Å². The van der Waals surface area contributed by atoms with Gasteiger partial charge in [-0.1, -0.05) is 50.0 Å². The van der Waals surface area contributed by atoms with Crippen LogP contribution < -0.4 is 0 Å². The molecular formula is C24H34. The molecule has 2 aliphatic carbocycles. The van der Waals surface area contributed by atoms with Gasteiger partial charge in [0.1, 0.15) is 0 Å². The highest BCUT2D eigenvalue weighted by atomic mass is 14.4. The fourth-order valence-electron chi connectivity index (χ4n) is 5.70. The first-order valence-corrected chi connectivity index (χ1v) is 9.62. The lowest BCUT2D eigenvalue weighted by Crippen LogP contribution is -2.30. The summed E-state index contributed by atoms with van der Waals surface area (Å²) in [5.41, 5.74) is 16.0. The predicted octanol–water partition coefficient (Wildman–Crippen LogP) is 7.06. The maximum atomic E-state index is 2.46. The zero-order valence-corrected chi connectivity index (χ0v) is 17.3. The van der Waals surface area contributed by atoms with Crippen molar-refractivity contribution in [2.45, 2.75) is 81.1 Å². The van der Waals surface area contributed by atoms with Gasteiger partial charge in [-0.25, -0.2) is 0 Å². The van der Waals surface area contributed by atoms with Crippen LogP contribution in [0.1, 0.15) is 86.8 Å². The molecule has 3 rings (SSSR count). The SMILES string of the molecule is CC1=C(C)C(C)C2=C(C1C)C(C)c1c(C)c(C)c(C)c(C)c1C2C. The van der Waals surface area contributed by atoms with Gasteiger partial charge in [-0.15, -0.1) is 0 Å². The van der Waals surface area contributed by atoms with Crippen molar-refractivity contribution < 1.29 is 0 Å². The van der Waals surface area contributed by atoms with Crippen LogP contribution in [0.5, 0.6) is 0 Å². The Morgan fingerprint density at radius 1 is 0.417 bits per heavy atom. The molecule has 4 unspecified atom stereocenters. The van der Waals surface area contributed by atoms with Crippen LogP contribution in [0.4, 0.5) is 0 Å². The average molecular weight is 323 g/mol. The number of fused-ring (bicyclic) bond motifs is 1. The largest absolute Gasteiger partial charge is 0.0669 e. The van der Waals surface area contributed by atoms with Crippen molar-refractivity contribution in [3.8, 4) is 0 Å². The minimum atomic E-state index is 0.546. The van der Waals surface area contributed by atoms with Gasteiger partial charge in [0, 0.05) is 11.8 Å². The maximum Gasteiger partial charge on any atom is 0.00346 e. The molecule has 2 aliphatic rings. The van der Waals surface area contributed by atoms with Crippen LogP contribution in [0, 0.1) is 39.5 Å². The van der Waals surface area contributed by atoms with Gasteiger partial charge in [0.05, 0.1) is 0 Å². The predicted molar refractivity (Wildman–Crippen MR) is 106 cm³/mol. The smallest absolute Gasteiger partial charge is 0.00346 e. The van der Waals surface area contributed by atoms with Crippen molar-refractivity contribution in [1.82, 2.24) is 0 Å².